The van der Waals surface area contributed by atoms with Crippen LogP contribution in [0.3, 0.4) is 0 Å². The van der Waals surface area contributed by atoms with Crippen molar-refractivity contribution in [1.29, 1.82) is 0 Å². The van der Waals surface area contributed by atoms with Gasteiger partial charge in [-0.2, -0.15) is 0 Å². The summed E-state index contributed by atoms with van der Waals surface area (Å²) in [6.45, 7) is 0. The van der Waals surface area contributed by atoms with Gasteiger partial charge in [0.1, 0.15) is 5.82 Å². The second-order valence-electron chi connectivity index (χ2n) is 2.85. The molecule has 0 saturated heterocycles. The summed E-state index contributed by atoms with van der Waals surface area (Å²) in [5, 5.41) is 0.170. The highest BCUT2D eigenvalue weighted by Crippen LogP contribution is 2.28. The average molecular weight is 292 g/mol. The van der Waals surface area contributed by atoms with E-state index in [1.54, 1.807) is 0 Å². The second kappa shape index (κ2) is 3.83. The number of nitrogens with zero attached hydrogens (tertiary/aromatic N) is 1. The number of hydrogen-bond acceptors (Lipinski definition) is 1. The SMILES string of the molecule is O=c1[nH]ccn1-c1c(Cl)cc(F)cc1Br. The van der Waals surface area contributed by atoms with Crippen LogP contribution in [0.2, 0.25) is 5.02 Å². The molecule has 0 bridgehead atoms. The van der Waals surface area contributed by atoms with Crippen LogP contribution in [-0.4, -0.2) is 9.55 Å². The molecule has 0 fully saturated rings. The fourth-order valence-electron chi connectivity index (χ4n) is 1.26. The van der Waals surface area contributed by atoms with Crippen LogP contribution in [0.5, 0.6) is 0 Å². The van der Waals surface area contributed by atoms with Crippen LogP contribution in [0.1, 0.15) is 0 Å². The zero-order valence-corrected chi connectivity index (χ0v) is 9.64. The lowest BCUT2D eigenvalue weighted by molar-refractivity contribution is 0.626. The predicted octanol–water partition coefficient (Wildman–Crippen LogP) is 2.72. The molecule has 0 aliphatic carbocycles. The van der Waals surface area contributed by atoms with E-state index in [-0.39, 0.29) is 10.7 Å². The predicted molar refractivity (Wildman–Crippen MR) is 59.1 cm³/mol. The Morgan fingerprint density at radius 3 is 2.73 bits per heavy atom. The van der Waals surface area contributed by atoms with Gasteiger partial charge < -0.3 is 4.98 Å². The molecule has 1 heterocycles. The van der Waals surface area contributed by atoms with E-state index in [0.717, 1.165) is 6.07 Å². The Morgan fingerprint density at radius 2 is 2.20 bits per heavy atom. The number of halogens is 3. The van der Waals surface area contributed by atoms with Crippen molar-refractivity contribution < 1.29 is 4.39 Å². The van der Waals surface area contributed by atoms with Gasteiger partial charge in [-0.3, -0.25) is 4.57 Å². The van der Waals surface area contributed by atoms with Crippen molar-refractivity contribution >= 4 is 27.5 Å². The number of aromatic amines is 1. The van der Waals surface area contributed by atoms with Crippen LogP contribution in [0, 0.1) is 5.82 Å². The maximum absolute atomic E-state index is 12.9. The molecule has 78 valence electrons. The third kappa shape index (κ3) is 1.85. The number of nitrogens with one attached hydrogen (secondary N) is 1. The second-order valence-corrected chi connectivity index (χ2v) is 4.11. The highest BCUT2D eigenvalue weighted by molar-refractivity contribution is 9.10. The summed E-state index contributed by atoms with van der Waals surface area (Å²) in [6.07, 6.45) is 3.00. The number of H-pyrrole nitrogens is 1. The number of imidazole rings is 1. The molecule has 2 rings (SSSR count). The van der Waals surface area contributed by atoms with Gasteiger partial charge in [0.15, 0.2) is 0 Å². The van der Waals surface area contributed by atoms with Gasteiger partial charge in [0.25, 0.3) is 0 Å². The Kier molecular flexibility index (Phi) is 2.67. The first-order valence-electron chi connectivity index (χ1n) is 4.00. The Hall–Kier alpha value is -1.07. The average Bonchev–Trinajstić information content (AvgIpc) is 2.50. The minimum Gasteiger partial charge on any atom is -0.312 e. The molecule has 0 aliphatic rings. The van der Waals surface area contributed by atoms with Gasteiger partial charge in [0.05, 0.1) is 10.7 Å². The van der Waals surface area contributed by atoms with Gasteiger partial charge in [-0.05, 0) is 28.1 Å². The van der Waals surface area contributed by atoms with E-state index >= 15 is 0 Å². The van der Waals surface area contributed by atoms with Crippen molar-refractivity contribution in [2.75, 3.05) is 0 Å². The molecule has 1 aromatic carbocycles. The molecule has 0 saturated carbocycles. The normalized spacial score (nSPS) is 10.6. The first kappa shape index (κ1) is 10.4. The van der Waals surface area contributed by atoms with Crippen LogP contribution in [0.25, 0.3) is 5.69 Å². The topological polar surface area (TPSA) is 37.8 Å². The monoisotopic (exact) mass is 290 g/mol. The Labute approximate surface area is 97.6 Å². The quantitative estimate of drug-likeness (QED) is 0.862. The summed E-state index contributed by atoms with van der Waals surface area (Å²) < 4.78 is 14.7. The summed E-state index contributed by atoms with van der Waals surface area (Å²) >= 11 is 9.01. The molecule has 6 heteroatoms. The molecule has 0 amide bonds. The number of benzene rings is 1. The van der Waals surface area contributed by atoms with E-state index < -0.39 is 5.82 Å². The van der Waals surface area contributed by atoms with E-state index in [1.165, 1.54) is 23.0 Å². The third-order valence-electron chi connectivity index (χ3n) is 1.87. The zero-order chi connectivity index (χ0) is 11.0. The number of aromatic nitrogens is 2. The molecular weight excluding hydrogens is 286 g/mol. The lowest BCUT2D eigenvalue weighted by atomic mass is 10.3. The van der Waals surface area contributed by atoms with Crippen molar-refractivity contribution in [3.8, 4) is 5.69 Å². The molecule has 1 N–H and O–H groups in total. The van der Waals surface area contributed by atoms with E-state index in [0.29, 0.717) is 10.2 Å². The summed E-state index contributed by atoms with van der Waals surface area (Å²) in [6, 6.07) is 2.40. The van der Waals surface area contributed by atoms with E-state index in [2.05, 4.69) is 20.9 Å². The Balaban J connectivity index is 2.74. The van der Waals surface area contributed by atoms with Crippen molar-refractivity contribution in [3.05, 3.63) is 50.3 Å². The molecule has 0 unspecified atom stereocenters. The lowest BCUT2D eigenvalue weighted by Crippen LogP contribution is -2.15. The van der Waals surface area contributed by atoms with E-state index in [9.17, 15) is 9.18 Å². The molecule has 0 radical (unpaired) electrons. The fraction of sp³-hybridized carbons (Fsp3) is 0. The standard InChI is InChI=1S/C9H5BrClFN2O/c10-6-3-5(12)4-7(11)8(6)14-2-1-13-9(14)15/h1-4H,(H,13,15). The third-order valence-corrected chi connectivity index (χ3v) is 2.76. The van der Waals surface area contributed by atoms with Gasteiger partial charge in [-0.1, -0.05) is 11.6 Å². The molecule has 0 spiro atoms. The summed E-state index contributed by atoms with van der Waals surface area (Å²) in [5.74, 6) is -0.459. The van der Waals surface area contributed by atoms with Crippen LogP contribution in [0.15, 0.2) is 33.8 Å². The zero-order valence-electron chi connectivity index (χ0n) is 7.30. The van der Waals surface area contributed by atoms with Crippen molar-refractivity contribution in [2.24, 2.45) is 0 Å². The molecule has 15 heavy (non-hydrogen) atoms. The van der Waals surface area contributed by atoms with Gasteiger partial charge in [0.2, 0.25) is 0 Å². The summed E-state index contributed by atoms with van der Waals surface area (Å²) in [7, 11) is 0. The first-order chi connectivity index (χ1) is 7.09. The van der Waals surface area contributed by atoms with Gasteiger partial charge in [0, 0.05) is 16.9 Å². The summed E-state index contributed by atoms with van der Waals surface area (Å²) in [5.41, 5.74) is 0.0912. The lowest BCUT2D eigenvalue weighted by Gasteiger charge is -2.06. The molecule has 3 nitrogen and oxygen atoms in total. The number of rotatable bonds is 1. The van der Waals surface area contributed by atoms with Crippen molar-refractivity contribution in [1.82, 2.24) is 9.55 Å². The Morgan fingerprint density at radius 1 is 1.47 bits per heavy atom. The molecule has 0 aliphatic heterocycles. The number of hydrogen-bond donors (Lipinski definition) is 1. The van der Waals surface area contributed by atoms with Crippen LogP contribution in [0.4, 0.5) is 4.39 Å². The highest BCUT2D eigenvalue weighted by atomic mass is 79.9. The molecule has 0 atom stereocenters. The van der Waals surface area contributed by atoms with Crippen molar-refractivity contribution in [3.63, 3.8) is 0 Å². The molecular formula is C9H5BrClFN2O. The molecule has 1 aromatic heterocycles. The van der Waals surface area contributed by atoms with Crippen LogP contribution in [-0.2, 0) is 0 Å². The summed E-state index contributed by atoms with van der Waals surface area (Å²) in [4.78, 5) is 13.8. The highest BCUT2D eigenvalue weighted by Gasteiger charge is 2.11. The minimum atomic E-state index is -0.459. The van der Waals surface area contributed by atoms with Gasteiger partial charge in [-0.25, -0.2) is 9.18 Å². The van der Waals surface area contributed by atoms with Crippen LogP contribution < -0.4 is 5.69 Å². The van der Waals surface area contributed by atoms with E-state index in [1.807, 2.05) is 0 Å². The van der Waals surface area contributed by atoms with Gasteiger partial charge in [-0.15, -0.1) is 0 Å². The van der Waals surface area contributed by atoms with E-state index in [4.69, 9.17) is 11.6 Å². The van der Waals surface area contributed by atoms with Gasteiger partial charge >= 0.3 is 5.69 Å². The molecule has 2 aromatic rings. The largest absolute Gasteiger partial charge is 0.330 e. The first-order valence-corrected chi connectivity index (χ1v) is 5.17. The fourth-order valence-corrected chi connectivity index (χ4v) is 2.30. The maximum atomic E-state index is 12.9. The Bertz CT molecular complexity index is 540. The maximum Gasteiger partial charge on any atom is 0.330 e. The van der Waals surface area contributed by atoms with Crippen LogP contribution >= 0.6 is 27.5 Å². The smallest absolute Gasteiger partial charge is 0.312 e. The van der Waals surface area contributed by atoms with Crippen molar-refractivity contribution in [2.45, 2.75) is 0 Å². The minimum absolute atomic E-state index is 0.170.